The van der Waals surface area contributed by atoms with Gasteiger partial charge in [-0.3, -0.25) is 5.32 Å². The summed E-state index contributed by atoms with van der Waals surface area (Å²) in [4.78, 5) is 0. The summed E-state index contributed by atoms with van der Waals surface area (Å²) >= 11 is 0. The van der Waals surface area contributed by atoms with Gasteiger partial charge in [0, 0.05) is 6.04 Å². The Morgan fingerprint density at radius 1 is 0.560 bits per heavy atom. The third kappa shape index (κ3) is 20.1. The maximum absolute atomic E-state index is 9.66. The number of aliphatic hydroxyl groups is 1. The molecule has 0 aromatic rings. The van der Waals surface area contributed by atoms with E-state index in [9.17, 15) is 5.11 Å². The van der Waals surface area contributed by atoms with Crippen molar-refractivity contribution in [1.29, 1.82) is 0 Å². The molecule has 0 aromatic carbocycles. The number of nitrogens with one attached hydrogen (secondary N) is 1. The zero-order chi connectivity index (χ0) is 18.6. The lowest BCUT2D eigenvalue weighted by Gasteiger charge is -2.20. The summed E-state index contributed by atoms with van der Waals surface area (Å²) in [6, 6.07) is 0.514. The zero-order valence-corrected chi connectivity index (χ0v) is 17.8. The van der Waals surface area contributed by atoms with Crippen molar-refractivity contribution in [3.05, 3.63) is 0 Å². The van der Waals surface area contributed by atoms with Gasteiger partial charge in [-0.25, -0.2) is 0 Å². The van der Waals surface area contributed by atoms with E-state index >= 15 is 0 Å². The van der Waals surface area contributed by atoms with E-state index in [0.717, 1.165) is 0 Å². The van der Waals surface area contributed by atoms with E-state index in [2.05, 4.69) is 19.2 Å². The van der Waals surface area contributed by atoms with Crippen LogP contribution in [0.2, 0.25) is 0 Å². The van der Waals surface area contributed by atoms with Gasteiger partial charge in [0.05, 0.1) is 0 Å². The van der Waals surface area contributed by atoms with Crippen molar-refractivity contribution in [1.82, 2.24) is 5.32 Å². The van der Waals surface area contributed by atoms with Gasteiger partial charge in [0.1, 0.15) is 6.23 Å². The molecule has 0 amide bonds. The molecule has 0 aliphatic carbocycles. The summed E-state index contributed by atoms with van der Waals surface area (Å²) in [5.41, 5.74) is 0. The van der Waals surface area contributed by atoms with Crippen LogP contribution in [0, 0.1) is 0 Å². The molecule has 0 fully saturated rings. The SMILES string of the molecule is CCCCCCCCCCC(CCCCCCCCCC)NC(C)O. The van der Waals surface area contributed by atoms with Crippen LogP contribution in [0.25, 0.3) is 0 Å². The van der Waals surface area contributed by atoms with Crippen LogP contribution in [0.4, 0.5) is 0 Å². The number of rotatable bonds is 20. The number of unbranched alkanes of at least 4 members (excludes halogenated alkanes) is 14. The lowest BCUT2D eigenvalue weighted by Crippen LogP contribution is -2.36. The molecular formula is C23H49NO. The van der Waals surface area contributed by atoms with Gasteiger partial charge in [-0.05, 0) is 19.8 Å². The number of hydrogen-bond donors (Lipinski definition) is 2. The van der Waals surface area contributed by atoms with Crippen LogP contribution in [0.1, 0.15) is 136 Å². The first-order valence-corrected chi connectivity index (χ1v) is 11.6. The van der Waals surface area contributed by atoms with Crippen molar-refractivity contribution in [2.75, 3.05) is 0 Å². The number of aliphatic hydroxyl groups excluding tert-OH is 1. The van der Waals surface area contributed by atoms with Crippen LogP contribution < -0.4 is 5.32 Å². The normalized spacial score (nSPS) is 12.8. The second-order valence-electron chi connectivity index (χ2n) is 8.07. The van der Waals surface area contributed by atoms with Crippen molar-refractivity contribution in [2.24, 2.45) is 0 Å². The highest BCUT2D eigenvalue weighted by Gasteiger charge is 2.10. The molecule has 0 saturated heterocycles. The molecule has 152 valence electrons. The highest BCUT2D eigenvalue weighted by molar-refractivity contribution is 4.68. The van der Waals surface area contributed by atoms with E-state index in [1.54, 1.807) is 0 Å². The van der Waals surface area contributed by atoms with E-state index in [1.807, 2.05) is 6.92 Å². The van der Waals surface area contributed by atoms with Crippen LogP contribution in [-0.2, 0) is 0 Å². The Kier molecular flexibility index (Phi) is 20.2. The Balaban J connectivity index is 3.58. The van der Waals surface area contributed by atoms with Crippen LogP contribution in [0.15, 0.2) is 0 Å². The first-order valence-electron chi connectivity index (χ1n) is 11.6. The first kappa shape index (κ1) is 24.9. The second-order valence-corrected chi connectivity index (χ2v) is 8.07. The van der Waals surface area contributed by atoms with Crippen molar-refractivity contribution in [3.63, 3.8) is 0 Å². The molecule has 0 rings (SSSR count). The molecule has 0 aliphatic rings. The molecule has 25 heavy (non-hydrogen) atoms. The van der Waals surface area contributed by atoms with Crippen molar-refractivity contribution in [2.45, 2.75) is 149 Å². The topological polar surface area (TPSA) is 32.3 Å². The quantitative estimate of drug-likeness (QED) is 0.177. The average molecular weight is 356 g/mol. The summed E-state index contributed by atoms with van der Waals surface area (Å²) in [5, 5.41) is 13.0. The van der Waals surface area contributed by atoms with E-state index in [1.165, 1.54) is 116 Å². The molecule has 0 saturated carbocycles. The third-order valence-corrected chi connectivity index (χ3v) is 5.29. The fraction of sp³-hybridized carbons (Fsp3) is 1.00. The predicted octanol–water partition coefficient (Wildman–Crippen LogP) is 7.34. The highest BCUT2D eigenvalue weighted by Crippen LogP contribution is 2.15. The lowest BCUT2D eigenvalue weighted by molar-refractivity contribution is 0.134. The first-order chi connectivity index (χ1) is 12.2. The van der Waals surface area contributed by atoms with Gasteiger partial charge < -0.3 is 5.11 Å². The van der Waals surface area contributed by atoms with E-state index < -0.39 is 0 Å². The van der Waals surface area contributed by atoms with Crippen LogP contribution in [0.3, 0.4) is 0 Å². The zero-order valence-electron chi connectivity index (χ0n) is 17.8. The van der Waals surface area contributed by atoms with Gasteiger partial charge in [0.2, 0.25) is 0 Å². The van der Waals surface area contributed by atoms with E-state index in [0.29, 0.717) is 6.04 Å². The lowest BCUT2D eigenvalue weighted by atomic mass is 9.99. The van der Waals surface area contributed by atoms with Gasteiger partial charge in [0.25, 0.3) is 0 Å². The van der Waals surface area contributed by atoms with Crippen LogP contribution in [0.5, 0.6) is 0 Å². The molecule has 0 radical (unpaired) electrons. The van der Waals surface area contributed by atoms with Gasteiger partial charge in [-0.2, -0.15) is 0 Å². The summed E-state index contributed by atoms with van der Waals surface area (Å²) in [6.45, 7) is 6.41. The Hall–Kier alpha value is -0.0800. The number of hydrogen-bond acceptors (Lipinski definition) is 2. The Labute approximate surface area is 159 Å². The smallest absolute Gasteiger partial charge is 0.102 e. The van der Waals surface area contributed by atoms with E-state index in [-0.39, 0.29) is 6.23 Å². The Bertz CT molecular complexity index is 222. The summed E-state index contributed by atoms with van der Waals surface area (Å²) in [6.07, 6.45) is 24.2. The molecule has 1 atom stereocenters. The molecule has 0 aromatic heterocycles. The van der Waals surface area contributed by atoms with Gasteiger partial charge in [-0.15, -0.1) is 0 Å². The largest absolute Gasteiger partial charge is 0.379 e. The summed E-state index contributed by atoms with van der Waals surface area (Å²) < 4.78 is 0. The third-order valence-electron chi connectivity index (χ3n) is 5.29. The monoisotopic (exact) mass is 355 g/mol. The van der Waals surface area contributed by atoms with Gasteiger partial charge >= 0.3 is 0 Å². The minimum absolute atomic E-state index is 0.368. The van der Waals surface area contributed by atoms with Crippen molar-refractivity contribution >= 4 is 0 Å². The van der Waals surface area contributed by atoms with Crippen LogP contribution in [-0.4, -0.2) is 17.4 Å². The molecule has 2 nitrogen and oxygen atoms in total. The molecule has 0 bridgehead atoms. The van der Waals surface area contributed by atoms with Gasteiger partial charge in [-0.1, -0.05) is 117 Å². The minimum Gasteiger partial charge on any atom is -0.379 e. The molecule has 2 heteroatoms. The van der Waals surface area contributed by atoms with E-state index in [4.69, 9.17) is 0 Å². The molecule has 0 aliphatic heterocycles. The maximum Gasteiger partial charge on any atom is 0.102 e. The van der Waals surface area contributed by atoms with Crippen molar-refractivity contribution < 1.29 is 5.11 Å². The maximum atomic E-state index is 9.66. The average Bonchev–Trinajstić information content (AvgIpc) is 2.58. The molecular weight excluding hydrogens is 306 g/mol. The van der Waals surface area contributed by atoms with Crippen molar-refractivity contribution in [3.8, 4) is 0 Å². The van der Waals surface area contributed by atoms with Gasteiger partial charge in [0.15, 0.2) is 0 Å². The standard InChI is InChI=1S/C23H49NO/c1-4-6-8-10-12-14-16-18-20-23(24-22(3)25)21-19-17-15-13-11-9-7-5-2/h22-25H,4-21H2,1-3H3. The fourth-order valence-corrected chi connectivity index (χ4v) is 3.70. The van der Waals surface area contributed by atoms with Crippen LogP contribution >= 0.6 is 0 Å². The summed E-state index contributed by atoms with van der Waals surface area (Å²) in [5.74, 6) is 0. The predicted molar refractivity (Wildman–Crippen MR) is 113 cm³/mol. The summed E-state index contributed by atoms with van der Waals surface area (Å²) in [7, 11) is 0. The molecule has 0 heterocycles. The molecule has 2 N–H and O–H groups in total. The molecule has 0 spiro atoms. The Morgan fingerprint density at radius 2 is 0.880 bits per heavy atom. The second kappa shape index (κ2) is 20.2. The Morgan fingerprint density at radius 3 is 1.20 bits per heavy atom. The fourth-order valence-electron chi connectivity index (χ4n) is 3.70. The minimum atomic E-state index is -0.368. The highest BCUT2D eigenvalue weighted by atomic mass is 16.3. The molecule has 1 unspecified atom stereocenters.